The Morgan fingerprint density at radius 3 is 2.89 bits per heavy atom. The maximum Gasteiger partial charge on any atom is 0.255 e. The second-order valence-corrected chi connectivity index (χ2v) is 3.81. The van der Waals surface area contributed by atoms with Crippen molar-refractivity contribution in [2.24, 2.45) is 0 Å². The molecule has 0 aliphatic rings. The molecule has 0 bridgehead atoms. The molecule has 18 heavy (non-hydrogen) atoms. The number of aryl methyl sites for hydroxylation is 1. The van der Waals surface area contributed by atoms with Gasteiger partial charge in [-0.2, -0.15) is 0 Å². The van der Waals surface area contributed by atoms with Crippen molar-refractivity contribution < 1.29 is 14.1 Å². The Hall–Kier alpha value is -2.30. The maximum atomic E-state index is 12.0. The molecule has 0 unspecified atom stereocenters. The Balaban J connectivity index is 2.03. The second kappa shape index (κ2) is 5.35. The number of methoxy groups -OCH3 is 1. The molecule has 0 aliphatic heterocycles. The van der Waals surface area contributed by atoms with Crippen molar-refractivity contribution >= 4 is 5.91 Å². The second-order valence-electron chi connectivity index (χ2n) is 3.81. The van der Waals surface area contributed by atoms with Crippen molar-refractivity contribution in [3.63, 3.8) is 0 Å². The lowest BCUT2D eigenvalue weighted by Gasteiger charge is -2.07. The molecule has 1 heterocycles. The fourth-order valence-corrected chi connectivity index (χ4v) is 1.60. The number of nitrogens with one attached hydrogen (secondary N) is 1. The van der Waals surface area contributed by atoms with Gasteiger partial charge >= 0.3 is 0 Å². The first-order chi connectivity index (χ1) is 8.70. The molecule has 0 fully saturated rings. The van der Waals surface area contributed by atoms with E-state index in [1.807, 2.05) is 6.07 Å². The van der Waals surface area contributed by atoms with Gasteiger partial charge in [0, 0.05) is 6.07 Å². The van der Waals surface area contributed by atoms with Gasteiger partial charge in [0.15, 0.2) is 0 Å². The molecule has 1 N–H and O–H groups in total. The standard InChI is InChI=1S/C13H14N2O3/c1-9-7-10(15-18-9)8-14-13(16)11-5-3-4-6-12(11)17-2/h3-7H,8H2,1-2H3,(H,14,16). The zero-order valence-electron chi connectivity index (χ0n) is 10.3. The van der Waals surface area contributed by atoms with E-state index in [0.717, 1.165) is 5.76 Å². The van der Waals surface area contributed by atoms with Gasteiger partial charge in [0.1, 0.15) is 17.2 Å². The van der Waals surface area contributed by atoms with Crippen LogP contribution in [0.5, 0.6) is 5.75 Å². The third kappa shape index (κ3) is 2.68. The minimum atomic E-state index is -0.201. The van der Waals surface area contributed by atoms with Crippen LogP contribution in [0.1, 0.15) is 21.8 Å². The van der Waals surface area contributed by atoms with Gasteiger partial charge in [-0.3, -0.25) is 4.79 Å². The number of amides is 1. The molecule has 0 radical (unpaired) electrons. The number of benzene rings is 1. The highest BCUT2D eigenvalue weighted by molar-refractivity contribution is 5.96. The zero-order chi connectivity index (χ0) is 13.0. The first-order valence-electron chi connectivity index (χ1n) is 5.54. The van der Waals surface area contributed by atoms with Crippen molar-refractivity contribution in [3.05, 3.63) is 47.3 Å². The average molecular weight is 246 g/mol. The van der Waals surface area contributed by atoms with Crippen LogP contribution in [0, 0.1) is 6.92 Å². The quantitative estimate of drug-likeness (QED) is 0.895. The van der Waals surface area contributed by atoms with E-state index in [-0.39, 0.29) is 5.91 Å². The lowest BCUT2D eigenvalue weighted by Crippen LogP contribution is -2.23. The van der Waals surface area contributed by atoms with Crippen molar-refractivity contribution in [2.75, 3.05) is 7.11 Å². The van der Waals surface area contributed by atoms with Crippen LogP contribution in [0.15, 0.2) is 34.9 Å². The van der Waals surface area contributed by atoms with E-state index in [2.05, 4.69) is 10.5 Å². The Kier molecular flexibility index (Phi) is 3.62. The van der Waals surface area contributed by atoms with Crippen molar-refractivity contribution in [1.29, 1.82) is 0 Å². The third-order valence-corrected chi connectivity index (χ3v) is 2.46. The molecule has 0 saturated heterocycles. The predicted octanol–water partition coefficient (Wildman–Crippen LogP) is 1.92. The first kappa shape index (κ1) is 12.2. The Morgan fingerprint density at radius 2 is 2.22 bits per heavy atom. The monoisotopic (exact) mass is 246 g/mol. The third-order valence-electron chi connectivity index (χ3n) is 2.46. The molecule has 5 heteroatoms. The van der Waals surface area contributed by atoms with Crippen LogP contribution < -0.4 is 10.1 Å². The number of aromatic nitrogens is 1. The van der Waals surface area contributed by atoms with Crippen LogP contribution >= 0.6 is 0 Å². The number of nitrogens with zero attached hydrogens (tertiary/aromatic N) is 1. The van der Waals surface area contributed by atoms with Gasteiger partial charge in [-0.05, 0) is 19.1 Å². The van der Waals surface area contributed by atoms with Crippen LogP contribution in [-0.2, 0) is 6.54 Å². The number of hydrogen-bond donors (Lipinski definition) is 1. The van der Waals surface area contributed by atoms with Crippen LogP contribution in [-0.4, -0.2) is 18.2 Å². The fourth-order valence-electron chi connectivity index (χ4n) is 1.60. The smallest absolute Gasteiger partial charge is 0.255 e. The van der Waals surface area contributed by atoms with E-state index in [9.17, 15) is 4.79 Å². The van der Waals surface area contributed by atoms with Crippen LogP contribution in [0.2, 0.25) is 0 Å². The highest BCUT2D eigenvalue weighted by atomic mass is 16.5. The van der Waals surface area contributed by atoms with E-state index >= 15 is 0 Å². The minimum absolute atomic E-state index is 0.201. The van der Waals surface area contributed by atoms with Crippen LogP contribution in [0.3, 0.4) is 0 Å². The summed E-state index contributed by atoms with van der Waals surface area (Å²) < 4.78 is 10.0. The molecule has 5 nitrogen and oxygen atoms in total. The number of ether oxygens (including phenoxy) is 1. The Bertz CT molecular complexity index is 549. The van der Waals surface area contributed by atoms with Gasteiger partial charge in [0.25, 0.3) is 5.91 Å². The van der Waals surface area contributed by atoms with Crippen molar-refractivity contribution in [1.82, 2.24) is 10.5 Å². The van der Waals surface area contributed by atoms with Crippen molar-refractivity contribution in [3.8, 4) is 5.75 Å². The molecule has 0 aliphatic carbocycles. The highest BCUT2D eigenvalue weighted by Crippen LogP contribution is 2.16. The maximum absolute atomic E-state index is 12.0. The summed E-state index contributed by atoms with van der Waals surface area (Å²) in [7, 11) is 1.53. The predicted molar refractivity (Wildman–Crippen MR) is 65.4 cm³/mol. The number of rotatable bonds is 4. The molecule has 94 valence electrons. The summed E-state index contributed by atoms with van der Waals surface area (Å²) in [4.78, 5) is 12.0. The number of hydrogen-bond acceptors (Lipinski definition) is 4. The van der Waals surface area contributed by atoms with Crippen molar-refractivity contribution in [2.45, 2.75) is 13.5 Å². The van der Waals surface area contributed by atoms with Gasteiger partial charge in [-0.1, -0.05) is 17.3 Å². The molecule has 0 atom stereocenters. The summed E-state index contributed by atoms with van der Waals surface area (Å²) >= 11 is 0. The van der Waals surface area contributed by atoms with Gasteiger partial charge in [-0.15, -0.1) is 0 Å². The minimum Gasteiger partial charge on any atom is -0.496 e. The van der Waals surface area contributed by atoms with Gasteiger partial charge in [-0.25, -0.2) is 0 Å². The molecule has 1 aromatic heterocycles. The molecular formula is C13H14N2O3. The Morgan fingerprint density at radius 1 is 1.44 bits per heavy atom. The van der Waals surface area contributed by atoms with Gasteiger partial charge < -0.3 is 14.6 Å². The summed E-state index contributed by atoms with van der Waals surface area (Å²) in [6.45, 7) is 2.13. The van der Waals surface area contributed by atoms with E-state index in [4.69, 9.17) is 9.26 Å². The molecule has 1 amide bonds. The topological polar surface area (TPSA) is 64.4 Å². The zero-order valence-corrected chi connectivity index (χ0v) is 10.3. The molecule has 0 saturated carbocycles. The molecule has 1 aromatic carbocycles. The summed E-state index contributed by atoms with van der Waals surface area (Å²) in [5.74, 6) is 1.07. The SMILES string of the molecule is COc1ccccc1C(=O)NCc1cc(C)on1. The fraction of sp³-hybridized carbons (Fsp3) is 0.231. The number of carbonyl (C=O) groups is 1. The lowest BCUT2D eigenvalue weighted by molar-refractivity contribution is 0.0947. The summed E-state index contributed by atoms with van der Waals surface area (Å²) in [5, 5.41) is 6.56. The van der Waals surface area contributed by atoms with E-state index in [0.29, 0.717) is 23.6 Å². The number of para-hydroxylation sites is 1. The summed E-state index contributed by atoms with van der Waals surface area (Å²) in [5.41, 5.74) is 1.19. The van der Waals surface area contributed by atoms with E-state index in [1.165, 1.54) is 7.11 Å². The van der Waals surface area contributed by atoms with Gasteiger partial charge in [0.2, 0.25) is 0 Å². The van der Waals surface area contributed by atoms with Gasteiger partial charge in [0.05, 0.1) is 19.2 Å². The Labute approximate surface area is 105 Å². The molecule has 2 aromatic rings. The normalized spacial score (nSPS) is 10.1. The van der Waals surface area contributed by atoms with E-state index < -0.39 is 0 Å². The van der Waals surface area contributed by atoms with Crippen LogP contribution in [0.4, 0.5) is 0 Å². The first-order valence-corrected chi connectivity index (χ1v) is 5.54. The summed E-state index contributed by atoms with van der Waals surface area (Å²) in [6.07, 6.45) is 0. The molecule has 0 spiro atoms. The largest absolute Gasteiger partial charge is 0.496 e. The lowest BCUT2D eigenvalue weighted by atomic mass is 10.2. The molecule has 2 rings (SSSR count). The van der Waals surface area contributed by atoms with E-state index in [1.54, 1.807) is 31.2 Å². The average Bonchev–Trinajstić information content (AvgIpc) is 2.81. The van der Waals surface area contributed by atoms with Crippen LogP contribution in [0.25, 0.3) is 0 Å². The highest BCUT2D eigenvalue weighted by Gasteiger charge is 2.11. The number of carbonyl (C=O) groups excluding carboxylic acids is 1. The molecular weight excluding hydrogens is 232 g/mol. The summed E-state index contributed by atoms with van der Waals surface area (Å²) in [6, 6.07) is 8.84.